The molecule has 2 unspecified atom stereocenters. The van der Waals surface area contributed by atoms with Crippen molar-refractivity contribution in [1.82, 2.24) is 15.2 Å². The van der Waals surface area contributed by atoms with Crippen LogP contribution in [0.3, 0.4) is 0 Å². The van der Waals surface area contributed by atoms with Crippen molar-refractivity contribution in [3.63, 3.8) is 0 Å². The van der Waals surface area contributed by atoms with E-state index in [2.05, 4.69) is 45.5 Å². The molecule has 2 aliphatic rings. The number of amides is 1. The minimum atomic E-state index is 0.0308. The van der Waals surface area contributed by atoms with Crippen LogP contribution in [0.4, 0.5) is 0 Å². The van der Waals surface area contributed by atoms with Crippen molar-refractivity contribution in [2.75, 3.05) is 20.8 Å². The van der Waals surface area contributed by atoms with E-state index >= 15 is 0 Å². The summed E-state index contributed by atoms with van der Waals surface area (Å²) >= 11 is 0. The first kappa shape index (κ1) is 25.3. The molecule has 1 saturated carbocycles. The number of aromatic nitrogens is 1. The molecule has 3 aromatic rings. The summed E-state index contributed by atoms with van der Waals surface area (Å²) in [5.41, 5.74) is 4.24. The molecule has 6 heteroatoms. The van der Waals surface area contributed by atoms with E-state index in [-0.39, 0.29) is 18.0 Å². The number of ether oxygens (including phenoxy) is 2. The Hall–Kier alpha value is -3.38. The SMILES string of the molecule is COc1ccc(-c2cccnc2OC)cc1CNC1CCN(C(=O)C2CCCCC2)C1c1ccccc1. The number of nitrogens with one attached hydrogen (secondary N) is 1. The molecule has 6 nitrogen and oxygen atoms in total. The second-order valence-corrected chi connectivity index (χ2v) is 10.1. The third-order valence-electron chi connectivity index (χ3n) is 7.89. The Morgan fingerprint density at radius 3 is 2.54 bits per heavy atom. The van der Waals surface area contributed by atoms with E-state index in [0.29, 0.717) is 18.3 Å². The van der Waals surface area contributed by atoms with E-state index in [1.807, 2.05) is 30.3 Å². The lowest BCUT2D eigenvalue weighted by Gasteiger charge is -2.33. The maximum Gasteiger partial charge on any atom is 0.226 e. The molecule has 2 heterocycles. The number of likely N-dealkylation sites (tertiary alicyclic amines) is 1. The second-order valence-electron chi connectivity index (χ2n) is 10.1. The molecule has 0 bridgehead atoms. The third-order valence-corrected chi connectivity index (χ3v) is 7.89. The standard InChI is InChI=1S/C31H37N3O3/c1-36-28-16-15-24(26-14-9-18-32-30(26)37-2)20-25(28)21-33-27-17-19-34(29(27)22-10-5-3-6-11-22)31(35)23-12-7-4-8-13-23/h3,5-6,9-11,14-16,18,20,23,27,29,33H,4,7-8,12-13,17,19,21H2,1-2H3. The first-order valence-electron chi connectivity index (χ1n) is 13.4. The Bertz CT molecular complexity index is 1190. The monoisotopic (exact) mass is 499 g/mol. The molecule has 2 aromatic carbocycles. The van der Waals surface area contributed by atoms with Gasteiger partial charge in [0.15, 0.2) is 0 Å². The molecule has 1 aliphatic heterocycles. The Morgan fingerprint density at radius 1 is 0.973 bits per heavy atom. The Labute approximate surface area is 220 Å². The van der Waals surface area contributed by atoms with Gasteiger partial charge in [-0.3, -0.25) is 4.79 Å². The van der Waals surface area contributed by atoms with Gasteiger partial charge in [0.1, 0.15) is 5.75 Å². The number of rotatable bonds is 8. The average molecular weight is 500 g/mol. The van der Waals surface area contributed by atoms with Crippen LogP contribution in [0.2, 0.25) is 0 Å². The summed E-state index contributed by atoms with van der Waals surface area (Å²) in [6.45, 7) is 1.43. The van der Waals surface area contributed by atoms with Gasteiger partial charge >= 0.3 is 0 Å². The van der Waals surface area contributed by atoms with E-state index in [1.54, 1.807) is 20.4 Å². The van der Waals surface area contributed by atoms with Crippen LogP contribution in [0.15, 0.2) is 66.9 Å². The quantitative estimate of drug-likeness (QED) is 0.426. The van der Waals surface area contributed by atoms with Crippen LogP contribution in [0.25, 0.3) is 11.1 Å². The second kappa shape index (κ2) is 11.8. The van der Waals surface area contributed by atoms with Gasteiger partial charge in [0, 0.05) is 42.4 Å². The smallest absolute Gasteiger partial charge is 0.226 e. The highest BCUT2D eigenvalue weighted by molar-refractivity contribution is 5.80. The van der Waals surface area contributed by atoms with Gasteiger partial charge in [-0.25, -0.2) is 4.98 Å². The third kappa shape index (κ3) is 5.49. The molecular formula is C31H37N3O3. The van der Waals surface area contributed by atoms with Crippen molar-refractivity contribution < 1.29 is 14.3 Å². The highest BCUT2D eigenvalue weighted by Gasteiger charge is 2.40. The van der Waals surface area contributed by atoms with Gasteiger partial charge in [-0.15, -0.1) is 0 Å². The Kier molecular flexibility index (Phi) is 8.05. The fourth-order valence-corrected chi connectivity index (χ4v) is 6.00. The van der Waals surface area contributed by atoms with Crippen LogP contribution in [0, 0.1) is 5.92 Å². The van der Waals surface area contributed by atoms with E-state index in [4.69, 9.17) is 9.47 Å². The normalized spacial score (nSPS) is 20.1. The summed E-state index contributed by atoms with van der Waals surface area (Å²) in [5.74, 6) is 1.94. The van der Waals surface area contributed by atoms with Gasteiger partial charge in [0.2, 0.25) is 11.8 Å². The maximum atomic E-state index is 13.6. The predicted molar refractivity (Wildman–Crippen MR) is 145 cm³/mol. The molecule has 1 amide bonds. The van der Waals surface area contributed by atoms with Gasteiger partial charge < -0.3 is 19.7 Å². The van der Waals surface area contributed by atoms with E-state index in [0.717, 1.165) is 48.2 Å². The van der Waals surface area contributed by atoms with Crippen molar-refractivity contribution in [2.45, 2.75) is 57.2 Å². The molecular weight excluding hydrogens is 462 g/mol. The average Bonchev–Trinajstić information content (AvgIpc) is 3.40. The van der Waals surface area contributed by atoms with Crippen LogP contribution in [-0.2, 0) is 11.3 Å². The summed E-state index contributed by atoms with van der Waals surface area (Å²) in [6, 6.07) is 20.8. The minimum Gasteiger partial charge on any atom is -0.496 e. The summed E-state index contributed by atoms with van der Waals surface area (Å²) in [5, 5.41) is 3.80. The van der Waals surface area contributed by atoms with Crippen LogP contribution >= 0.6 is 0 Å². The zero-order chi connectivity index (χ0) is 25.6. The fraction of sp³-hybridized carbons (Fsp3) is 0.419. The Morgan fingerprint density at radius 2 is 1.78 bits per heavy atom. The van der Waals surface area contributed by atoms with E-state index < -0.39 is 0 Å². The predicted octanol–water partition coefficient (Wildman–Crippen LogP) is 5.78. The van der Waals surface area contributed by atoms with Gasteiger partial charge in [0.25, 0.3) is 0 Å². The van der Waals surface area contributed by atoms with Crippen molar-refractivity contribution in [2.24, 2.45) is 5.92 Å². The molecule has 194 valence electrons. The number of hydrogen-bond acceptors (Lipinski definition) is 5. The van der Waals surface area contributed by atoms with E-state index in [1.165, 1.54) is 24.8 Å². The largest absolute Gasteiger partial charge is 0.496 e. The van der Waals surface area contributed by atoms with Gasteiger partial charge in [0.05, 0.1) is 20.3 Å². The van der Waals surface area contributed by atoms with Crippen LogP contribution in [-0.4, -0.2) is 42.6 Å². The molecule has 1 aliphatic carbocycles. The molecule has 1 N–H and O–H groups in total. The summed E-state index contributed by atoms with van der Waals surface area (Å²) < 4.78 is 11.2. The molecule has 2 atom stereocenters. The summed E-state index contributed by atoms with van der Waals surface area (Å²) in [4.78, 5) is 20.1. The number of nitrogens with zero attached hydrogens (tertiary/aromatic N) is 2. The lowest BCUT2D eigenvalue weighted by Crippen LogP contribution is -2.41. The molecule has 1 saturated heterocycles. The number of hydrogen-bond donors (Lipinski definition) is 1. The summed E-state index contributed by atoms with van der Waals surface area (Å²) in [6.07, 6.45) is 8.30. The molecule has 2 fully saturated rings. The maximum absolute atomic E-state index is 13.6. The molecule has 5 rings (SSSR count). The van der Waals surface area contributed by atoms with E-state index in [9.17, 15) is 4.79 Å². The van der Waals surface area contributed by atoms with Gasteiger partial charge in [-0.05, 0) is 54.7 Å². The lowest BCUT2D eigenvalue weighted by molar-refractivity contribution is -0.137. The fourth-order valence-electron chi connectivity index (χ4n) is 6.00. The number of carbonyl (C=O) groups excluding carboxylic acids is 1. The number of pyridine rings is 1. The van der Waals surface area contributed by atoms with Crippen molar-refractivity contribution >= 4 is 5.91 Å². The van der Waals surface area contributed by atoms with Crippen LogP contribution in [0.5, 0.6) is 11.6 Å². The summed E-state index contributed by atoms with van der Waals surface area (Å²) in [7, 11) is 3.35. The highest BCUT2D eigenvalue weighted by Crippen LogP contribution is 2.37. The Balaban J connectivity index is 1.38. The molecule has 37 heavy (non-hydrogen) atoms. The van der Waals surface area contributed by atoms with Gasteiger partial charge in [-0.2, -0.15) is 0 Å². The molecule has 1 aromatic heterocycles. The van der Waals surface area contributed by atoms with Crippen molar-refractivity contribution in [3.05, 3.63) is 78.0 Å². The number of methoxy groups -OCH3 is 2. The zero-order valence-corrected chi connectivity index (χ0v) is 21.9. The number of benzene rings is 2. The first-order chi connectivity index (χ1) is 18.2. The number of carbonyl (C=O) groups is 1. The highest BCUT2D eigenvalue weighted by atomic mass is 16.5. The molecule has 0 radical (unpaired) electrons. The zero-order valence-electron chi connectivity index (χ0n) is 21.9. The first-order valence-corrected chi connectivity index (χ1v) is 13.4. The van der Waals surface area contributed by atoms with Crippen LogP contribution in [0.1, 0.15) is 55.7 Å². The van der Waals surface area contributed by atoms with Crippen molar-refractivity contribution in [1.29, 1.82) is 0 Å². The van der Waals surface area contributed by atoms with Gasteiger partial charge in [-0.1, -0.05) is 55.7 Å². The lowest BCUT2D eigenvalue weighted by atomic mass is 9.87. The van der Waals surface area contributed by atoms with Crippen molar-refractivity contribution in [3.8, 4) is 22.8 Å². The topological polar surface area (TPSA) is 63.7 Å². The van der Waals surface area contributed by atoms with Crippen LogP contribution < -0.4 is 14.8 Å². The molecule has 0 spiro atoms. The minimum absolute atomic E-state index is 0.0308.